The van der Waals surface area contributed by atoms with Crippen LogP contribution in [-0.2, 0) is 6.42 Å². The van der Waals surface area contributed by atoms with Gasteiger partial charge in [-0.05, 0) is 29.7 Å². The maximum absolute atomic E-state index is 9.33. The molecule has 0 bridgehead atoms. The topological polar surface area (TPSA) is 49.8 Å². The SMILES string of the molecule is N#CC(Cc1ccc2ocnc2c1)c1ccccc1. The van der Waals surface area contributed by atoms with Gasteiger partial charge >= 0.3 is 0 Å². The van der Waals surface area contributed by atoms with E-state index in [1.54, 1.807) is 0 Å². The zero-order chi connectivity index (χ0) is 13.1. The lowest BCUT2D eigenvalue weighted by molar-refractivity contribution is 0.602. The van der Waals surface area contributed by atoms with E-state index in [9.17, 15) is 5.26 Å². The van der Waals surface area contributed by atoms with Gasteiger partial charge in [-0.1, -0.05) is 36.4 Å². The van der Waals surface area contributed by atoms with Gasteiger partial charge in [0.05, 0.1) is 12.0 Å². The van der Waals surface area contributed by atoms with Gasteiger partial charge in [0.25, 0.3) is 0 Å². The third-order valence-electron chi connectivity index (χ3n) is 3.19. The Balaban J connectivity index is 1.88. The van der Waals surface area contributed by atoms with E-state index in [1.807, 2.05) is 48.5 Å². The van der Waals surface area contributed by atoms with E-state index in [-0.39, 0.29) is 5.92 Å². The van der Waals surface area contributed by atoms with Gasteiger partial charge in [-0.25, -0.2) is 4.98 Å². The molecular formula is C16H12N2O. The summed E-state index contributed by atoms with van der Waals surface area (Å²) in [6, 6.07) is 18.1. The van der Waals surface area contributed by atoms with Crippen LogP contribution in [0.1, 0.15) is 17.0 Å². The summed E-state index contributed by atoms with van der Waals surface area (Å²) < 4.78 is 5.21. The highest BCUT2D eigenvalue weighted by molar-refractivity contribution is 5.72. The summed E-state index contributed by atoms with van der Waals surface area (Å²) in [7, 11) is 0. The van der Waals surface area contributed by atoms with Gasteiger partial charge in [0.1, 0.15) is 5.52 Å². The first-order valence-corrected chi connectivity index (χ1v) is 6.13. The molecule has 0 aliphatic carbocycles. The molecule has 1 heterocycles. The van der Waals surface area contributed by atoms with E-state index in [0.29, 0.717) is 6.42 Å². The number of benzene rings is 2. The lowest BCUT2D eigenvalue weighted by Crippen LogP contribution is -2.00. The molecule has 1 aromatic heterocycles. The van der Waals surface area contributed by atoms with Crippen LogP contribution < -0.4 is 0 Å². The Kier molecular flexibility index (Phi) is 2.99. The second-order valence-electron chi connectivity index (χ2n) is 4.45. The van der Waals surface area contributed by atoms with Gasteiger partial charge in [-0.15, -0.1) is 0 Å². The minimum absolute atomic E-state index is 0.134. The summed E-state index contributed by atoms with van der Waals surface area (Å²) in [5.74, 6) is -0.134. The normalized spacial score (nSPS) is 12.2. The number of aromatic nitrogens is 1. The number of rotatable bonds is 3. The van der Waals surface area contributed by atoms with Gasteiger partial charge in [0, 0.05) is 0 Å². The van der Waals surface area contributed by atoms with E-state index < -0.39 is 0 Å². The van der Waals surface area contributed by atoms with E-state index >= 15 is 0 Å². The molecular weight excluding hydrogens is 236 g/mol. The molecule has 0 saturated carbocycles. The van der Waals surface area contributed by atoms with E-state index in [2.05, 4.69) is 11.1 Å². The van der Waals surface area contributed by atoms with Crippen LogP contribution in [0.4, 0.5) is 0 Å². The Hall–Kier alpha value is -2.60. The molecule has 92 valence electrons. The number of hydrogen-bond donors (Lipinski definition) is 0. The second kappa shape index (κ2) is 4.95. The first kappa shape index (κ1) is 11.5. The van der Waals surface area contributed by atoms with Gasteiger partial charge in [-0.3, -0.25) is 0 Å². The number of hydrogen-bond acceptors (Lipinski definition) is 3. The summed E-state index contributed by atoms with van der Waals surface area (Å²) >= 11 is 0. The monoisotopic (exact) mass is 248 g/mol. The molecule has 0 aliphatic heterocycles. The van der Waals surface area contributed by atoms with Crippen LogP contribution >= 0.6 is 0 Å². The molecule has 3 rings (SSSR count). The highest BCUT2D eigenvalue weighted by Gasteiger charge is 2.11. The fourth-order valence-corrected chi connectivity index (χ4v) is 2.19. The van der Waals surface area contributed by atoms with Crippen LogP contribution in [-0.4, -0.2) is 4.98 Å². The first-order valence-electron chi connectivity index (χ1n) is 6.13. The fourth-order valence-electron chi connectivity index (χ4n) is 2.19. The zero-order valence-corrected chi connectivity index (χ0v) is 10.3. The molecule has 0 N–H and O–H groups in total. The Morgan fingerprint density at radius 2 is 2.00 bits per heavy atom. The van der Waals surface area contributed by atoms with Crippen LogP contribution in [0.3, 0.4) is 0 Å². The van der Waals surface area contributed by atoms with Crippen molar-refractivity contribution in [2.45, 2.75) is 12.3 Å². The smallest absolute Gasteiger partial charge is 0.181 e. The third kappa shape index (κ3) is 2.34. The second-order valence-corrected chi connectivity index (χ2v) is 4.45. The predicted octanol–water partition coefficient (Wildman–Crippen LogP) is 3.68. The molecule has 19 heavy (non-hydrogen) atoms. The summed E-state index contributed by atoms with van der Waals surface area (Å²) in [6.45, 7) is 0. The molecule has 3 aromatic rings. The van der Waals surface area contributed by atoms with E-state index in [4.69, 9.17) is 4.42 Å². The predicted molar refractivity (Wildman–Crippen MR) is 72.5 cm³/mol. The van der Waals surface area contributed by atoms with Gasteiger partial charge in [0.15, 0.2) is 12.0 Å². The van der Waals surface area contributed by atoms with Crippen molar-refractivity contribution in [3.05, 3.63) is 66.1 Å². The van der Waals surface area contributed by atoms with Crippen molar-refractivity contribution < 1.29 is 4.42 Å². The van der Waals surface area contributed by atoms with Crippen LogP contribution in [0.15, 0.2) is 59.3 Å². The Morgan fingerprint density at radius 1 is 1.16 bits per heavy atom. The van der Waals surface area contributed by atoms with Crippen LogP contribution in [0.5, 0.6) is 0 Å². The minimum atomic E-state index is -0.134. The summed E-state index contributed by atoms with van der Waals surface area (Å²) in [5, 5.41) is 9.33. The molecule has 2 aromatic carbocycles. The molecule has 1 atom stereocenters. The maximum Gasteiger partial charge on any atom is 0.181 e. The molecule has 0 spiro atoms. The minimum Gasteiger partial charge on any atom is -0.443 e. The third-order valence-corrected chi connectivity index (χ3v) is 3.19. The molecule has 1 unspecified atom stereocenters. The molecule has 3 heteroatoms. The quantitative estimate of drug-likeness (QED) is 0.710. The van der Waals surface area contributed by atoms with Crippen molar-refractivity contribution in [2.75, 3.05) is 0 Å². The molecule has 0 fully saturated rings. The van der Waals surface area contributed by atoms with E-state index in [0.717, 1.165) is 22.2 Å². The van der Waals surface area contributed by atoms with Crippen molar-refractivity contribution in [3.63, 3.8) is 0 Å². The van der Waals surface area contributed by atoms with Crippen LogP contribution in [0, 0.1) is 11.3 Å². The first-order chi connectivity index (χ1) is 9.36. The van der Waals surface area contributed by atoms with E-state index in [1.165, 1.54) is 6.39 Å². The number of fused-ring (bicyclic) bond motifs is 1. The average molecular weight is 248 g/mol. The van der Waals surface area contributed by atoms with Gasteiger partial charge in [-0.2, -0.15) is 5.26 Å². The van der Waals surface area contributed by atoms with Crippen molar-refractivity contribution in [1.82, 2.24) is 4.98 Å². The zero-order valence-electron chi connectivity index (χ0n) is 10.3. The maximum atomic E-state index is 9.33. The van der Waals surface area contributed by atoms with Crippen molar-refractivity contribution >= 4 is 11.1 Å². The number of oxazole rings is 1. The molecule has 3 nitrogen and oxygen atoms in total. The van der Waals surface area contributed by atoms with Crippen molar-refractivity contribution in [2.24, 2.45) is 0 Å². The summed E-state index contributed by atoms with van der Waals surface area (Å²) in [4.78, 5) is 4.14. The van der Waals surface area contributed by atoms with Gasteiger partial charge in [0.2, 0.25) is 0 Å². The molecule has 0 amide bonds. The van der Waals surface area contributed by atoms with Crippen LogP contribution in [0.2, 0.25) is 0 Å². The Bertz CT molecular complexity index is 725. The van der Waals surface area contributed by atoms with Crippen molar-refractivity contribution in [3.8, 4) is 6.07 Å². The fraction of sp³-hybridized carbons (Fsp3) is 0.125. The lowest BCUT2D eigenvalue weighted by atomic mass is 9.93. The Morgan fingerprint density at radius 3 is 2.79 bits per heavy atom. The highest BCUT2D eigenvalue weighted by atomic mass is 16.3. The number of nitriles is 1. The average Bonchev–Trinajstić information content (AvgIpc) is 2.93. The number of nitrogens with zero attached hydrogens (tertiary/aromatic N) is 2. The standard InChI is InChI=1S/C16H12N2O/c17-10-14(13-4-2-1-3-5-13)8-12-6-7-16-15(9-12)18-11-19-16/h1-7,9,11,14H,8H2. The van der Waals surface area contributed by atoms with Crippen LogP contribution in [0.25, 0.3) is 11.1 Å². The highest BCUT2D eigenvalue weighted by Crippen LogP contribution is 2.22. The lowest BCUT2D eigenvalue weighted by Gasteiger charge is -2.09. The summed E-state index contributed by atoms with van der Waals surface area (Å²) in [6.07, 6.45) is 2.12. The largest absolute Gasteiger partial charge is 0.443 e. The molecule has 0 saturated heterocycles. The molecule has 0 radical (unpaired) electrons. The molecule has 0 aliphatic rings. The Labute approximate surface area is 111 Å². The van der Waals surface area contributed by atoms with Crippen molar-refractivity contribution in [1.29, 1.82) is 5.26 Å². The van der Waals surface area contributed by atoms with Gasteiger partial charge < -0.3 is 4.42 Å². The summed E-state index contributed by atoms with van der Waals surface area (Å²) in [5.41, 5.74) is 3.75.